The van der Waals surface area contributed by atoms with Crippen LogP contribution in [-0.2, 0) is 4.79 Å². The molecule has 0 aliphatic heterocycles. The Bertz CT molecular complexity index is 993. The molecule has 29 heavy (non-hydrogen) atoms. The van der Waals surface area contributed by atoms with Crippen molar-refractivity contribution < 1.29 is 14.8 Å². The largest absolute Gasteiger partial charge is 0.398 e. The van der Waals surface area contributed by atoms with Gasteiger partial charge in [0.05, 0.1) is 0 Å². The lowest BCUT2D eigenvalue weighted by Crippen LogP contribution is -2.50. The number of hydrogen-bond donors (Lipinski definition) is 5. The summed E-state index contributed by atoms with van der Waals surface area (Å²) in [5, 5.41) is 11.0. The molecule has 0 heterocycles. The number of rotatable bonds is 4. The van der Waals surface area contributed by atoms with Crippen molar-refractivity contribution in [3.05, 3.63) is 64.7 Å². The van der Waals surface area contributed by atoms with Crippen LogP contribution in [0.25, 0.3) is 0 Å². The number of hydrogen-bond acceptors (Lipinski definition) is 5. The predicted molar refractivity (Wildman–Crippen MR) is 113 cm³/mol. The number of benzene rings is 2. The van der Waals surface area contributed by atoms with Crippen molar-refractivity contribution in [3.63, 3.8) is 0 Å². The van der Waals surface area contributed by atoms with Crippen LogP contribution in [0.3, 0.4) is 0 Å². The lowest BCUT2D eigenvalue weighted by atomic mass is 10.1. The molecular weight excluding hydrogens is 368 g/mol. The summed E-state index contributed by atoms with van der Waals surface area (Å²) >= 11 is 0. The van der Waals surface area contributed by atoms with Crippen LogP contribution in [-0.4, -0.2) is 29.6 Å². The highest BCUT2D eigenvalue weighted by atomic mass is 16.5. The summed E-state index contributed by atoms with van der Waals surface area (Å²) in [5.74, 6) is 10.0. The van der Waals surface area contributed by atoms with Gasteiger partial charge in [0.1, 0.15) is 6.04 Å². The van der Waals surface area contributed by atoms with E-state index in [1.54, 1.807) is 30.3 Å². The van der Waals surface area contributed by atoms with Gasteiger partial charge in [-0.05, 0) is 60.7 Å². The molecule has 0 spiro atoms. The van der Waals surface area contributed by atoms with Crippen molar-refractivity contribution in [2.24, 2.45) is 5.73 Å². The second-order valence-corrected chi connectivity index (χ2v) is 5.89. The molecule has 7 N–H and O–H groups in total. The van der Waals surface area contributed by atoms with Crippen LogP contribution in [0.1, 0.15) is 34.5 Å². The number of aryl methyl sites for hydroxylation is 1. The Balaban J connectivity index is 0.00000420. The van der Waals surface area contributed by atoms with Crippen molar-refractivity contribution in [1.82, 2.24) is 10.8 Å². The van der Waals surface area contributed by atoms with Crippen LogP contribution in [0.15, 0.2) is 42.5 Å². The van der Waals surface area contributed by atoms with Gasteiger partial charge in [-0.25, -0.2) is 5.48 Å². The zero-order valence-corrected chi connectivity index (χ0v) is 15.2. The predicted octanol–water partition coefficient (Wildman–Crippen LogP) is 1.18. The highest BCUT2D eigenvalue weighted by molar-refractivity contribution is 5.97. The first kappa shape index (κ1) is 23.3. The van der Waals surface area contributed by atoms with Crippen molar-refractivity contribution in [2.75, 3.05) is 12.3 Å². The third kappa shape index (κ3) is 6.71. The molecule has 2 rings (SSSR count). The molecule has 0 saturated carbocycles. The van der Waals surface area contributed by atoms with E-state index < -0.39 is 17.9 Å². The molecule has 7 heteroatoms. The van der Waals surface area contributed by atoms with Gasteiger partial charge in [0, 0.05) is 28.9 Å². The molecule has 0 bridgehead atoms. The molecule has 0 fully saturated rings. The number of carbonyl (C=O) groups is 2. The maximum Gasteiger partial charge on any atom is 0.267 e. The average Bonchev–Trinajstić information content (AvgIpc) is 2.71. The number of carbonyl (C=O) groups excluding carboxylic acids is 2. The fourth-order valence-corrected chi connectivity index (χ4v) is 2.18. The van der Waals surface area contributed by atoms with Crippen LogP contribution in [0.2, 0.25) is 0 Å². The van der Waals surface area contributed by atoms with Crippen LogP contribution >= 0.6 is 0 Å². The van der Waals surface area contributed by atoms with E-state index in [0.717, 1.165) is 11.1 Å². The van der Waals surface area contributed by atoms with E-state index in [0.29, 0.717) is 16.8 Å². The van der Waals surface area contributed by atoms with Gasteiger partial charge in [-0.2, -0.15) is 0 Å². The Morgan fingerprint density at radius 1 is 1.07 bits per heavy atom. The van der Waals surface area contributed by atoms with E-state index >= 15 is 0 Å². The molecule has 0 unspecified atom stereocenters. The molecule has 0 aliphatic rings. The van der Waals surface area contributed by atoms with E-state index in [1.807, 2.05) is 19.1 Å². The molecular formula is C22H24N4O3. The van der Waals surface area contributed by atoms with Gasteiger partial charge in [-0.1, -0.05) is 25.3 Å². The summed E-state index contributed by atoms with van der Waals surface area (Å²) < 4.78 is 0. The molecule has 2 aromatic carbocycles. The maximum absolute atomic E-state index is 12.1. The fourth-order valence-electron chi connectivity index (χ4n) is 2.18. The number of nitrogens with one attached hydrogen (secondary N) is 2. The number of nitrogens with two attached hydrogens (primary N) is 2. The summed E-state index contributed by atoms with van der Waals surface area (Å²) in [7, 11) is 0. The minimum atomic E-state index is -1.02. The normalized spacial score (nSPS) is 10.2. The Morgan fingerprint density at radius 3 is 2.21 bits per heavy atom. The third-order valence-electron chi connectivity index (χ3n) is 3.87. The molecule has 2 aromatic rings. The molecule has 2 amide bonds. The standard InChI is InChI=1S/C21H20N4O3.CH4/c1-14-6-7-16(12-18(14)23)5-3-2-4-15-8-10-17(11-9-15)20(26)24-19(13-22)21(27)25-28;/h6-12,19,28H,13,22-23H2,1H3,(H,24,26)(H,25,27);1H4/t19-;/m0./s1. The minimum absolute atomic E-state index is 0. The van der Waals surface area contributed by atoms with E-state index in [9.17, 15) is 9.59 Å². The van der Waals surface area contributed by atoms with E-state index in [4.69, 9.17) is 16.7 Å². The van der Waals surface area contributed by atoms with Crippen molar-refractivity contribution in [3.8, 4) is 23.7 Å². The van der Waals surface area contributed by atoms with Gasteiger partial charge < -0.3 is 16.8 Å². The highest BCUT2D eigenvalue weighted by Gasteiger charge is 2.19. The second kappa shape index (κ2) is 11.2. The number of anilines is 1. The summed E-state index contributed by atoms with van der Waals surface area (Å²) in [6.45, 7) is 1.78. The maximum atomic E-state index is 12.1. The van der Waals surface area contributed by atoms with Crippen LogP contribution < -0.4 is 22.3 Å². The quantitative estimate of drug-likeness (QED) is 0.231. The summed E-state index contributed by atoms with van der Waals surface area (Å²) in [6.07, 6.45) is 0. The minimum Gasteiger partial charge on any atom is -0.398 e. The number of hydroxylamine groups is 1. The Morgan fingerprint density at radius 2 is 1.66 bits per heavy atom. The average molecular weight is 392 g/mol. The van der Waals surface area contributed by atoms with Crippen molar-refractivity contribution >= 4 is 17.5 Å². The summed E-state index contributed by atoms with van der Waals surface area (Å²) in [6, 6.07) is 11.0. The smallest absolute Gasteiger partial charge is 0.267 e. The van der Waals surface area contributed by atoms with Gasteiger partial charge in [-0.3, -0.25) is 14.8 Å². The fraction of sp³-hybridized carbons (Fsp3) is 0.182. The molecule has 0 aromatic heterocycles. The first-order valence-electron chi connectivity index (χ1n) is 8.37. The molecule has 0 saturated heterocycles. The third-order valence-corrected chi connectivity index (χ3v) is 3.87. The Labute approximate surface area is 170 Å². The number of nitrogen functional groups attached to an aromatic ring is 1. The molecule has 7 nitrogen and oxygen atoms in total. The molecule has 1 atom stereocenters. The lowest BCUT2D eigenvalue weighted by molar-refractivity contribution is -0.130. The van der Waals surface area contributed by atoms with Gasteiger partial charge in [-0.15, -0.1) is 0 Å². The van der Waals surface area contributed by atoms with Gasteiger partial charge in [0.2, 0.25) is 0 Å². The SMILES string of the molecule is C.Cc1ccc(C#CC#Cc2ccc(C(=O)N[C@@H](CN)C(=O)NO)cc2)cc1N. The zero-order valence-electron chi connectivity index (χ0n) is 15.2. The van der Waals surface area contributed by atoms with Crippen LogP contribution in [0.5, 0.6) is 0 Å². The van der Waals surface area contributed by atoms with E-state index in [-0.39, 0.29) is 14.0 Å². The molecule has 0 aliphatic carbocycles. The van der Waals surface area contributed by atoms with Crippen LogP contribution in [0, 0.1) is 30.6 Å². The first-order chi connectivity index (χ1) is 13.4. The topological polar surface area (TPSA) is 130 Å². The zero-order chi connectivity index (χ0) is 20.5. The lowest BCUT2D eigenvalue weighted by Gasteiger charge is -2.14. The number of amides is 2. The van der Waals surface area contributed by atoms with Crippen molar-refractivity contribution in [2.45, 2.75) is 20.4 Å². The highest BCUT2D eigenvalue weighted by Crippen LogP contribution is 2.11. The monoisotopic (exact) mass is 392 g/mol. The Hall–Kier alpha value is -3.78. The summed E-state index contributed by atoms with van der Waals surface area (Å²) in [4.78, 5) is 23.5. The summed E-state index contributed by atoms with van der Waals surface area (Å²) in [5.41, 5.74) is 16.2. The molecule has 150 valence electrons. The van der Waals surface area contributed by atoms with Gasteiger partial charge in [0.15, 0.2) is 0 Å². The van der Waals surface area contributed by atoms with Gasteiger partial charge in [0.25, 0.3) is 11.8 Å². The van der Waals surface area contributed by atoms with E-state index in [2.05, 4.69) is 29.0 Å². The van der Waals surface area contributed by atoms with Crippen molar-refractivity contribution in [1.29, 1.82) is 0 Å². The van der Waals surface area contributed by atoms with E-state index in [1.165, 1.54) is 5.48 Å². The second-order valence-electron chi connectivity index (χ2n) is 5.89. The van der Waals surface area contributed by atoms with Gasteiger partial charge >= 0.3 is 0 Å². The first-order valence-corrected chi connectivity index (χ1v) is 8.37. The van der Waals surface area contributed by atoms with Crippen LogP contribution in [0.4, 0.5) is 5.69 Å². The Kier molecular flexibility index (Phi) is 8.94. The molecule has 0 radical (unpaired) electrons.